The van der Waals surface area contributed by atoms with Gasteiger partial charge in [0.2, 0.25) is 11.8 Å². The van der Waals surface area contributed by atoms with Crippen LogP contribution in [-0.2, 0) is 16.1 Å². The van der Waals surface area contributed by atoms with E-state index in [1.807, 2.05) is 46.3 Å². The number of carbonyl (C=O) groups excluding carboxylic acids is 2. The Morgan fingerprint density at radius 3 is 2.30 bits per heavy atom. The molecule has 2 aromatic carbocycles. The van der Waals surface area contributed by atoms with Crippen molar-refractivity contribution in [3.05, 3.63) is 102 Å². The topological polar surface area (TPSA) is 48.8 Å². The molecule has 0 aliphatic carbocycles. The lowest BCUT2D eigenvalue weighted by atomic mass is 9.99. The van der Waals surface area contributed by atoms with E-state index in [0.717, 1.165) is 30.9 Å². The largest absolute Gasteiger partial charge is 0.348 e. The fourth-order valence-electron chi connectivity index (χ4n) is 5.25. The standard InChI is InChI=1S/C30H33FN4O2/c31-26-12-10-25(11-13-26)30-27-9-5-17-33(27)22-23-35(30)29(37)15-14-28(36)34-20-18-32(19-21-34)16-4-8-24-6-2-1-3-7-24/h1-13,17,30H,14-16,18-23H2/b8-4+. The van der Waals surface area contributed by atoms with Crippen LogP contribution in [0.2, 0.25) is 0 Å². The number of amides is 2. The van der Waals surface area contributed by atoms with Gasteiger partial charge in [-0.05, 0) is 35.4 Å². The van der Waals surface area contributed by atoms with Gasteiger partial charge in [-0.1, -0.05) is 54.6 Å². The van der Waals surface area contributed by atoms with Crippen LogP contribution in [0.25, 0.3) is 6.08 Å². The third kappa shape index (κ3) is 6.00. The Kier molecular flexibility index (Phi) is 7.80. The maximum Gasteiger partial charge on any atom is 0.223 e. The van der Waals surface area contributed by atoms with Gasteiger partial charge in [0.1, 0.15) is 5.82 Å². The zero-order valence-electron chi connectivity index (χ0n) is 21.0. The second-order valence-corrected chi connectivity index (χ2v) is 9.66. The number of rotatable bonds is 7. The molecule has 3 heterocycles. The average molecular weight is 501 g/mol. The third-order valence-electron chi connectivity index (χ3n) is 7.30. The summed E-state index contributed by atoms with van der Waals surface area (Å²) in [6.45, 7) is 5.15. The number of carbonyl (C=O) groups is 2. The molecule has 1 fully saturated rings. The molecule has 1 atom stereocenters. The van der Waals surface area contributed by atoms with Crippen molar-refractivity contribution >= 4 is 17.9 Å². The van der Waals surface area contributed by atoms with E-state index in [-0.39, 0.29) is 36.5 Å². The molecule has 1 unspecified atom stereocenters. The van der Waals surface area contributed by atoms with E-state index in [9.17, 15) is 14.0 Å². The molecule has 2 aliphatic heterocycles. The summed E-state index contributed by atoms with van der Waals surface area (Å²) >= 11 is 0. The van der Waals surface area contributed by atoms with Crippen LogP contribution in [-0.4, -0.2) is 70.3 Å². The summed E-state index contributed by atoms with van der Waals surface area (Å²) in [6.07, 6.45) is 6.68. The van der Waals surface area contributed by atoms with Crippen LogP contribution < -0.4 is 0 Å². The second-order valence-electron chi connectivity index (χ2n) is 9.66. The normalized spacial score (nSPS) is 18.2. The van der Waals surface area contributed by atoms with Crippen LogP contribution in [0.4, 0.5) is 4.39 Å². The lowest BCUT2D eigenvalue weighted by Gasteiger charge is -2.38. The minimum absolute atomic E-state index is 0.0338. The van der Waals surface area contributed by atoms with Gasteiger partial charge in [0.05, 0.1) is 6.04 Å². The molecule has 1 saturated heterocycles. The summed E-state index contributed by atoms with van der Waals surface area (Å²) in [6, 6.07) is 20.3. The third-order valence-corrected chi connectivity index (χ3v) is 7.30. The van der Waals surface area contributed by atoms with Gasteiger partial charge in [-0.2, -0.15) is 0 Å². The molecule has 0 radical (unpaired) electrons. The number of hydrogen-bond donors (Lipinski definition) is 0. The first kappa shape index (κ1) is 25.0. The van der Waals surface area contributed by atoms with E-state index in [4.69, 9.17) is 0 Å². The summed E-state index contributed by atoms with van der Waals surface area (Å²) in [5.41, 5.74) is 3.07. The van der Waals surface area contributed by atoms with E-state index >= 15 is 0 Å². The lowest BCUT2D eigenvalue weighted by Crippen LogP contribution is -2.49. The molecule has 5 rings (SSSR count). The maximum atomic E-state index is 13.6. The molecular formula is C30H33FN4O2. The number of hydrogen-bond acceptors (Lipinski definition) is 3. The van der Waals surface area contributed by atoms with Crippen molar-refractivity contribution in [2.24, 2.45) is 0 Å². The van der Waals surface area contributed by atoms with Gasteiger partial charge < -0.3 is 14.4 Å². The van der Waals surface area contributed by atoms with Crippen molar-refractivity contribution in [2.45, 2.75) is 25.4 Å². The minimum atomic E-state index is -0.300. The summed E-state index contributed by atoms with van der Waals surface area (Å²) in [5.74, 6) is -0.308. The van der Waals surface area contributed by atoms with Crippen molar-refractivity contribution in [2.75, 3.05) is 39.3 Å². The molecule has 0 N–H and O–H groups in total. The summed E-state index contributed by atoms with van der Waals surface area (Å²) < 4.78 is 15.7. The number of aromatic nitrogens is 1. The Morgan fingerprint density at radius 2 is 1.54 bits per heavy atom. The predicted molar refractivity (Wildman–Crippen MR) is 142 cm³/mol. The highest BCUT2D eigenvalue weighted by molar-refractivity contribution is 5.84. The fraction of sp³-hybridized carbons (Fsp3) is 0.333. The van der Waals surface area contributed by atoms with Crippen molar-refractivity contribution in [1.29, 1.82) is 0 Å². The molecule has 2 aliphatic rings. The van der Waals surface area contributed by atoms with Crippen molar-refractivity contribution in [1.82, 2.24) is 19.3 Å². The summed E-state index contributed by atoms with van der Waals surface area (Å²) in [4.78, 5) is 32.3. The van der Waals surface area contributed by atoms with Gasteiger partial charge in [0.25, 0.3) is 0 Å². The second kappa shape index (κ2) is 11.6. The van der Waals surface area contributed by atoms with Gasteiger partial charge >= 0.3 is 0 Å². The molecule has 0 spiro atoms. The van der Waals surface area contributed by atoms with Crippen molar-refractivity contribution < 1.29 is 14.0 Å². The molecule has 0 saturated carbocycles. The lowest BCUT2D eigenvalue weighted by molar-refractivity contribution is -0.139. The highest BCUT2D eigenvalue weighted by atomic mass is 19.1. The Morgan fingerprint density at radius 1 is 0.811 bits per heavy atom. The quantitative estimate of drug-likeness (QED) is 0.489. The molecule has 192 valence electrons. The van der Waals surface area contributed by atoms with Gasteiger partial charge in [0, 0.05) is 70.5 Å². The van der Waals surface area contributed by atoms with E-state index in [0.29, 0.717) is 26.2 Å². The van der Waals surface area contributed by atoms with Gasteiger partial charge in [-0.25, -0.2) is 4.39 Å². The van der Waals surface area contributed by atoms with Crippen LogP contribution >= 0.6 is 0 Å². The molecule has 3 aromatic rings. The van der Waals surface area contributed by atoms with Crippen LogP contribution in [0, 0.1) is 5.82 Å². The number of fused-ring (bicyclic) bond motifs is 1. The molecule has 2 amide bonds. The maximum absolute atomic E-state index is 13.6. The number of nitrogens with zero attached hydrogens (tertiary/aromatic N) is 4. The zero-order valence-corrected chi connectivity index (χ0v) is 21.0. The summed E-state index contributed by atoms with van der Waals surface area (Å²) in [5, 5.41) is 0. The van der Waals surface area contributed by atoms with E-state index in [2.05, 4.69) is 33.8 Å². The molecule has 7 heteroatoms. The summed E-state index contributed by atoms with van der Waals surface area (Å²) in [7, 11) is 0. The highest BCUT2D eigenvalue weighted by Crippen LogP contribution is 2.33. The predicted octanol–water partition coefficient (Wildman–Crippen LogP) is 4.20. The number of piperazine rings is 1. The minimum Gasteiger partial charge on any atom is -0.348 e. The van der Waals surface area contributed by atoms with Crippen molar-refractivity contribution in [3.63, 3.8) is 0 Å². The Bertz CT molecular complexity index is 1230. The molecule has 37 heavy (non-hydrogen) atoms. The first-order valence-electron chi connectivity index (χ1n) is 13.0. The van der Waals surface area contributed by atoms with E-state index < -0.39 is 0 Å². The monoisotopic (exact) mass is 500 g/mol. The van der Waals surface area contributed by atoms with Gasteiger partial charge in [-0.3, -0.25) is 14.5 Å². The van der Waals surface area contributed by atoms with Crippen LogP contribution in [0.15, 0.2) is 79.0 Å². The molecule has 1 aromatic heterocycles. The van der Waals surface area contributed by atoms with Crippen molar-refractivity contribution in [3.8, 4) is 0 Å². The Hall–Kier alpha value is -3.71. The Labute approximate surface area is 217 Å². The first-order chi connectivity index (χ1) is 18.1. The van der Waals surface area contributed by atoms with Crippen LogP contribution in [0.5, 0.6) is 0 Å². The van der Waals surface area contributed by atoms with Crippen LogP contribution in [0.1, 0.15) is 35.7 Å². The SMILES string of the molecule is O=C(CCC(=O)N1CCn2cccc2C1c1ccc(F)cc1)N1CCN(C/C=C/c2ccccc2)CC1. The first-order valence-corrected chi connectivity index (χ1v) is 13.0. The van der Waals surface area contributed by atoms with Gasteiger partial charge in [-0.15, -0.1) is 0 Å². The highest BCUT2D eigenvalue weighted by Gasteiger charge is 2.32. The number of benzene rings is 2. The van der Waals surface area contributed by atoms with E-state index in [1.54, 1.807) is 12.1 Å². The molecule has 0 bridgehead atoms. The smallest absolute Gasteiger partial charge is 0.223 e. The zero-order chi connectivity index (χ0) is 25.6. The molecular weight excluding hydrogens is 467 g/mol. The fourth-order valence-corrected chi connectivity index (χ4v) is 5.25. The van der Waals surface area contributed by atoms with Crippen LogP contribution in [0.3, 0.4) is 0 Å². The molecule has 6 nitrogen and oxygen atoms in total. The van der Waals surface area contributed by atoms with E-state index in [1.165, 1.54) is 17.7 Å². The number of halogens is 1. The van der Waals surface area contributed by atoms with Gasteiger partial charge in [0.15, 0.2) is 0 Å². The Balaban J connectivity index is 1.13. The average Bonchev–Trinajstić information content (AvgIpc) is 3.42.